The molecule has 0 bridgehead atoms. The van der Waals surface area contributed by atoms with Crippen LogP contribution in [0.1, 0.15) is 45.0 Å². The lowest BCUT2D eigenvalue weighted by molar-refractivity contribution is -0.120. The monoisotopic (exact) mass is 479 g/mol. The maximum Gasteiger partial charge on any atom is 0.237 e. The van der Waals surface area contributed by atoms with Crippen LogP contribution in [-0.2, 0) is 20.2 Å². The van der Waals surface area contributed by atoms with Gasteiger partial charge in [0.05, 0.1) is 40.1 Å². The van der Waals surface area contributed by atoms with Crippen molar-refractivity contribution < 1.29 is 13.2 Å². The fourth-order valence-corrected chi connectivity index (χ4v) is 4.34. The molecule has 0 unspecified atom stereocenters. The second-order valence-corrected chi connectivity index (χ2v) is 10.7. The fourth-order valence-electron chi connectivity index (χ4n) is 3.06. The van der Waals surface area contributed by atoms with E-state index in [1.165, 1.54) is 6.20 Å². The lowest BCUT2D eigenvalue weighted by atomic mass is 9.88. The Hall–Kier alpha value is -3.73. The summed E-state index contributed by atoms with van der Waals surface area (Å²) in [5.74, 6) is -0.0491. The standard InChI is InChI=1S/C23H25N7O3S/c1-14(2)17-12-24-13-18(27-17)15-5-8-20(26-11-15)29-21(31)23(3,4)19-9-10-25-22(28-19)30-34(32,33)16-6-7-16/h5,8-13,16H,1,6-7H2,2-4H3,(H,25,28,30)(H,26,29,31). The molecule has 0 saturated heterocycles. The molecular formula is C23H25N7O3S. The molecule has 0 radical (unpaired) electrons. The summed E-state index contributed by atoms with van der Waals surface area (Å²) in [6, 6.07) is 5.04. The normalized spacial score (nSPS) is 13.9. The molecule has 0 atom stereocenters. The highest BCUT2D eigenvalue weighted by atomic mass is 32.2. The number of pyridine rings is 1. The number of aromatic nitrogens is 5. The smallest absolute Gasteiger partial charge is 0.237 e. The van der Waals surface area contributed by atoms with E-state index in [1.807, 2.05) is 6.92 Å². The number of amides is 1. The highest BCUT2D eigenvalue weighted by Gasteiger charge is 2.37. The quantitative estimate of drug-likeness (QED) is 0.502. The van der Waals surface area contributed by atoms with Gasteiger partial charge in [-0.25, -0.2) is 28.4 Å². The van der Waals surface area contributed by atoms with Gasteiger partial charge in [-0.3, -0.25) is 14.5 Å². The molecule has 0 aromatic carbocycles. The average Bonchev–Trinajstić information content (AvgIpc) is 3.66. The average molecular weight is 480 g/mol. The molecule has 2 N–H and O–H groups in total. The number of rotatable bonds is 8. The van der Waals surface area contributed by atoms with Crippen LogP contribution in [-0.4, -0.2) is 44.5 Å². The van der Waals surface area contributed by atoms with E-state index >= 15 is 0 Å². The summed E-state index contributed by atoms with van der Waals surface area (Å²) in [7, 11) is -3.51. The maximum absolute atomic E-state index is 13.0. The van der Waals surface area contributed by atoms with Crippen LogP contribution in [0.2, 0.25) is 0 Å². The van der Waals surface area contributed by atoms with Gasteiger partial charge in [0.1, 0.15) is 5.82 Å². The molecule has 10 nitrogen and oxygen atoms in total. The zero-order chi connectivity index (χ0) is 24.5. The Morgan fingerprint density at radius 2 is 1.85 bits per heavy atom. The predicted molar refractivity (Wildman–Crippen MR) is 129 cm³/mol. The first-order valence-electron chi connectivity index (χ1n) is 10.7. The second-order valence-electron chi connectivity index (χ2n) is 8.69. The van der Waals surface area contributed by atoms with E-state index in [-0.39, 0.29) is 11.9 Å². The first-order valence-corrected chi connectivity index (χ1v) is 12.2. The Balaban J connectivity index is 1.48. The van der Waals surface area contributed by atoms with Gasteiger partial charge in [-0.05, 0) is 57.4 Å². The Kier molecular flexibility index (Phi) is 6.13. The van der Waals surface area contributed by atoms with Gasteiger partial charge in [0, 0.05) is 18.0 Å². The van der Waals surface area contributed by atoms with Crippen LogP contribution in [0.25, 0.3) is 16.8 Å². The van der Waals surface area contributed by atoms with Crippen molar-refractivity contribution in [2.45, 2.75) is 44.3 Å². The number of sulfonamides is 1. The van der Waals surface area contributed by atoms with Crippen LogP contribution in [0, 0.1) is 0 Å². The Bertz CT molecular complexity index is 1350. The van der Waals surface area contributed by atoms with E-state index in [0.717, 1.165) is 11.1 Å². The summed E-state index contributed by atoms with van der Waals surface area (Å²) < 4.78 is 26.8. The van der Waals surface area contributed by atoms with Gasteiger partial charge in [0.15, 0.2) is 0 Å². The minimum Gasteiger partial charge on any atom is -0.310 e. The number of nitrogens with zero attached hydrogens (tertiary/aromatic N) is 5. The summed E-state index contributed by atoms with van der Waals surface area (Å²) >= 11 is 0. The van der Waals surface area contributed by atoms with Crippen molar-refractivity contribution in [3.8, 4) is 11.3 Å². The lowest BCUT2D eigenvalue weighted by Crippen LogP contribution is -2.36. The first kappa shape index (κ1) is 23.4. The van der Waals surface area contributed by atoms with Gasteiger partial charge < -0.3 is 5.32 Å². The van der Waals surface area contributed by atoms with Crippen molar-refractivity contribution in [2.24, 2.45) is 0 Å². The van der Waals surface area contributed by atoms with Gasteiger partial charge >= 0.3 is 0 Å². The molecule has 1 aliphatic carbocycles. The molecular weight excluding hydrogens is 454 g/mol. The number of hydrogen-bond acceptors (Lipinski definition) is 8. The third kappa shape index (κ3) is 5.09. The van der Waals surface area contributed by atoms with Crippen LogP contribution >= 0.6 is 0 Å². The molecule has 34 heavy (non-hydrogen) atoms. The number of anilines is 2. The molecule has 3 aromatic heterocycles. The molecule has 1 amide bonds. The number of carbonyl (C=O) groups is 1. The predicted octanol–water partition coefficient (Wildman–Crippen LogP) is 3.18. The highest BCUT2D eigenvalue weighted by molar-refractivity contribution is 7.93. The van der Waals surface area contributed by atoms with Crippen LogP contribution in [0.3, 0.4) is 0 Å². The first-order chi connectivity index (χ1) is 16.1. The van der Waals surface area contributed by atoms with Crippen LogP contribution in [0.15, 0.2) is 49.6 Å². The van der Waals surface area contributed by atoms with Crippen LogP contribution < -0.4 is 10.0 Å². The summed E-state index contributed by atoms with van der Waals surface area (Å²) in [5, 5.41) is 2.38. The largest absolute Gasteiger partial charge is 0.310 e. The molecule has 11 heteroatoms. The topological polar surface area (TPSA) is 140 Å². The molecule has 176 valence electrons. The summed E-state index contributed by atoms with van der Waals surface area (Å²) in [5.41, 5.74) is 2.19. The Morgan fingerprint density at radius 3 is 2.50 bits per heavy atom. The molecule has 4 rings (SSSR count). The van der Waals surface area contributed by atoms with Crippen molar-refractivity contribution in [1.29, 1.82) is 0 Å². The summed E-state index contributed by atoms with van der Waals surface area (Å²) in [6.07, 6.45) is 7.56. The SMILES string of the molecule is C=C(C)c1cncc(-c2ccc(NC(=O)C(C)(C)c3ccnc(NS(=O)(=O)C4CC4)n3)nc2)n1. The Morgan fingerprint density at radius 1 is 1.09 bits per heavy atom. The summed E-state index contributed by atoms with van der Waals surface area (Å²) in [4.78, 5) is 34.3. The van der Waals surface area contributed by atoms with E-state index in [1.54, 1.807) is 50.6 Å². The van der Waals surface area contributed by atoms with E-state index in [0.29, 0.717) is 35.7 Å². The van der Waals surface area contributed by atoms with Gasteiger partial charge in [-0.15, -0.1) is 0 Å². The number of hydrogen-bond donors (Lipinski definition) is 2. The highest BCUT2D eigenvalue weighted by Crippen LogP contribution is 2.30. The number of carbonyl (C=O) groups excluding carboxylic acids is 1. The maximum atomic E-state index is 13.0. The molecule has 3 heterocycles. The minimum atomic E-state index is -3.51. The van der Waals surface area contributed by atoms with Crippen molar-refractivity contribution in [3.05, 3.63) is 61.0 Å². The summed E-state index contributed by atoms with van der Waals surface area (Å²) in [6.45, 7) is 9.12. The molecule has 3 aromatic rings. The molecule has 1 saturated carbocycles. The van der Waals surface area contributed by atoms with Crippen molar-refractivity contribution in [2.75, 3.05) is 10.0 Å². The van der Waals surface area contributed by atoms with Crippen LogP contribution in [0.4, 0.5) is 11.8 Å². The second kappa shape index (κ2) is 8.90. The van der Waals surface area contributed by atoms with Crippen LogP contribution in [0.5, 0.6) is 0 Å². The van der Waals surface area contributed by atoms with Crippen molar-refractivity contribution in [3.63, 3.8) is 0 Å². The van der Waals surface area contributed by atoms with Crippen molar-refractivity contribution in [1.82, 2.24) is 24.9 Å². The number of allylic oxidation sites excluding steroid dienone is 1. The van der Waals surface area contributed by atoms with E-state index in [2.05, 4.69) is 41.5 Å². The van der Waals surface area contributed by atoms with Gasteiger partial charge in [-0.1, -0.05) is 6.58 Å². The molecule has 0 spiro atoms. The van der Waals surface area contributed by atoms with Crippen molar-refractivity contribution >= 4 is 33.3 Å². The number of nitrogens with one attached hydrogen (secondary N) is 2. The molecule has 1 fully saturated rings. The zero-order valence-electron chi connectivity index (χ0n) is 19.1. The zero-order valence-corrected chi connectivity index (χ0v) is 19.9. The Labute approximate surface area is 198 Å². The van der Waals surface area contributed by atoms with E-state index in [9.17, 15) is 13.2 Å². The fraction of sp³-hybridized carbons (Fsp3) is 0.304. The van der Waals surface area contributed by atoms with E-state index < -0.39 is 20.7 Å². The van der Waals surface area contributed by atoms with Gasteiger partial charge in [0.2, 0.25) is 21.9 Å². The third-order valence-corrected chi connectivity index (χ3v) is 7.25. The third-order valence-electron chi connectivity index (χ3n) is 5.43. The molecule has 0 aliphatic heterocycles. The lowest BCUT2D eigenvalue weighted by Gasteiger charge is -2.23. The minimum absolute atomic E-state index is 0.0501. The van der Waals surface area contributed by atoms with Gasteiger partial charge in [0.25, 0.3) is 0 Å². The van der Waals surface area contributed by atoms with Gasteiger partial charge in [-0.2, -0.15) is 0 Å². The molecule has 1 aliphatic rings. The van der Waals surface area contributed by atoms with E-state index in [4.69, 9.17) is 0 Å².